The standard InChI is InChI=1S/C10H9ClS.C9H7ClS/c1-6-7(2)12-10-4-3-8(11)5-9(6)10;1-6-5-11-9-3-2-7(10)4-8(6)9/h3-5H,1-2H3;2-5H,1H3. The van der Waals surface area contributed by atoms with E-state index < -0.39 is 0 Å². The van der Waals surface area contributed by atoms with Gasteiger partial charge in [-0.05, 0) is 84.4 Å². The predicted octanol–water partition coefficient (Wildman–Crippen LogP) is 8.03. The fourth-order valence-electron chi connectivity index (χ4n) is 2.44. The first-order valence-electron chi connectivity index (χ1n) is 7.24. The molecule has 0 spiro atoms. The Morgan fingerprint density at radius 3 is 2.09 bits per heavy atom. The third kappa shape index (κ3) is 3.56. The molecule has 118 valence electrons. The normalized spacial score (nSPS) is 10.8. The number of hydrogen-bond acceptors (Lipinski definition) is 2. The molecule has 4 heteroatoms. The Bertz CT molecular complexity index is 980. The second-order valence-electron chi connectivity index (χ2n) is 5.48. The molecule has 0 N–H and O–H groups in total. The van der Waals surface area contributed by atoms with Crippen LogP contribution < -0.4 is 0 Å². The van der Waals surface area contributed by atoms with Gasteiger partial charge in [0.25, 0.3) is 0 Å². The second-order valence-corrected chi connectivity index (χ2v) is 8.52. The van der Waals surface area contributed by atoms with Crippen LogP contribution in [0.3, 0.4) is 0 Å². The summed E-state index contributed by atoms with van der Waals surface area (Å²) in [6.45, 7) is 6.40. The van der Waals surface area contributed by atoms with Crippen molar-refractivity contribution in [3.8, 4) is 0 Å². The van der Waals surface area contributed by atoms with Gasteiger partial charge < -0.3 is 0 Å². The molecule has 4 rings (SSSR count). The van der Waals surface area contributed by atoms with Gasteiger partial charge in [0.2, 0.25) is 0 Å². The summed E-state index contributed by atoms with van der Waals surface area (Å²) in [4.78, 5) is 1.38. The van der Waals surface area contributed by atoms with Gasteiger partial charge in [-0.3, -0.25) is 0 Å². The van der Waals surface area contributed by atoms with Crippen molar-refractivity contribution in [1.82, 2.24) is 0 Å². The minimum Gasteiger partial charge on any atom is -0.144 e. The Morgan fingerprint density at radius 1 is 0.783 bits per heavy atom. The lowest BCUT2D eigenvalue weighted by Crippen LogP contribution is -1.70. The van der Waals surface area contributed by atoms with Crippen molar-refractivity contribution in [3.63, 3.8) is 0 Å². The van der Waals surface area contributed by atoms with Crippen LogP contribution in [0.4, 0.5) is 0 Å². The summed E-state index contributed by atoms with van der Waals surface area (Å²) >= 11 is 15.3. The maximum Gasteiger partial charge on any atom is 0.0413 e. The van der Waals surface area contributed by atoms with E-state index in [1.54, 1.807) is 11.3 Å². The number of rotatable bonds is 0. The molecular formula is C19H16Cl2S2. The largest absolute Gasteiger partial charge is 0.144 e. The van der Waals surface area contributed by atoms with Gasteiger partial charge in [0.05, 0.1) is 0 Å². The van der Waals surface area contributed by atoms with Crippen molar-refractivity contribution >= 4 is 66.0 Å². The molecule has 0 aliphatic rings. The monoisotopic (exact) mass is 378 g/mol. The van der Waals surface area contributed by atoms with Crippen LogP contribution in [0.1, 0.15) is 16.0 Å². The number of hydrogen-bond donors (Lipinski definition) is 0. The Balaban J connectivity index is 0.000000136. The summed E-state index contributed by atoms with van der Waals surface area (Å²) in [5, 5.41) is 6.37. The molecule has 0 fully saturated rings. The first-order chi connectivity index (χ1) is 11.0. The first kappa shape index (κ1) is 16.8. The third-order valence-electron chi connectivity index (χ3n) is 3.87. The van der Waals surface area contributed by atoms with Gasteiger partial charge in [-0.15, -0.1) is 22.7 Å². The number of benzene rings is 2. The van der Waals surface area contributed by atoms with Crippen molar-refractivity contribution in [2.24, 2.45) is 0 Å². The molecule has 2 aromatic carbocycles. The molecule has 0 saturated heterocycles. The molecule has 0 unspecified atom stereocenters. The lowest BCUT2D eigenvalue weighted by molar-refractivity contribution is 1.47. The van der Waals surface area contributed by atoms with E-state index in [2.05, 4.69) is 38.3 Å². The summed E-state index contributed by atoms with van der Waals surface area (Å²) in [6, 6.07) is 12.1. The van der Waals surface area contributed by atoms with Crippen LogP contribution in [0.15, 0.2) is 41.8 Å². The molecule has 0 bridgehead atoms. The van der Waals surface area contributed by atoms with E-state index in [4.69, 9.17) is 23.2 Å². The lowest BCUT2D eigenvalue weighted by Gasteiger charge is -1.92. The van der Waals surface area contributed by atoms with E-state index in [1.165, 1.54) is 36.2 Å². The number of halogens is 2. The molecule has 0 amide bonds. The zero-order valence-corrected chi connectivity index (χ0v) is 16.3. The average Bonchev–Trinajstić information content (AvgIpc) is 3.02. The van der Waals surface area contributed by atoms with Gasteiger partial charge >= 0.3 is 0 Å². The van der Waals surface area contributed by atoms with Crippen LogP contribution in [0.2, 0.25) is 10.0 Å². The number of thiophene rings is 2. The Morgan fingerprint density at radius 2 is 1.39 bits per heavy atom. The number of fused-ring (bicyclic) bond motifs is 2. The van der Waals surface area contributed by atoms with Crippen molar-refractivity contribution in [2.45, 2.75) is 20.8 Å². The zero-order valence-electron chi connectivity index (χ0n) is 13.1. The van der Waals surface area contributed by atoms with Crippen LogP contribution in [0.25, 0.3) is 20.2 Å². The van der Waals surface area contributed by atoms with Crippen LogP contribution in [-0.2, 0) is 0 Å². The van der Waals surface area contributed by atoms with E-state index in [1.807, 2.05) is 35.6 Å². The van der Waals surface area contributed by atoms with E-state index in [9.17, 15) is 0 Å². The van der Waals surface area contributed by atoms with E-state index >= 15 is 0 Å². The molecule has 4 aromatic rings. The van der Waals surface area contributed by atoms with Gasteiger partial charge in [-0.2, -0.15) is 0 Å². The SMILES string of the molecule is Cc1csc2ccc(Cl)cc12.Cc1sc2ccc(Cl)cc2c1C. The highest BCUT2D eigenvalue weighted by Crippen LogP contribution is 2.31. The summed E-state index contributed by atoms with van der Waals surface area (Å²) in [5.74, 6) is 0. The fraction of sp³-hybridized carbons (Fsp3) is 0.158. The van der Waals surface area contributed by atoms with Gasteiger partial charge in [-0.25, -0.2) is 0 Å². The van der Waals surface area contributed by atoms with Gasteiger partial charge in [0, 0.05) is 24.3 Å². The highest BCUT2D eigenvalue weighted by molar-refractivity contribution is 7.19. The molecule has 2 heterocycles. The van der Waals surface area contributed by atoms with Crippen molar-refractivity contribution in [3.05, 3.63) is 67.8 Å². The molecule has 2 aromatic heterocycles. The maximum absolute atomic E-state index is 5.90. The van der Waals surface area contributed by atoms with Crippen LogP contribution >= 0.6 is 45.9 Å². The average molecular weight is 379 g/mol. The molecule has 0 saturated carbocycles. The molecule has 0 nitrogen and oxygen atoms in total. The predicted molar refractivity (Wildman–Crippen MR) is 108 cm³/mol. The third-order valence-corrected chi connectivity index (χ3v) is 6.61. The Hall–Kier alpha value is -1.06. The second kappa shape index (κ2) is 6.82. The minimum absolute atomic E-state index is 0.819. The summed E-state index contributed by atoms with van der Waals surface area (Å²) in [7, 11) is 0. The Kier molecular flexibility index (Phi) is 4.98. The van der Waals surface area contributed by atoms with Gasteiger partial charge in [0.15, 0.2) is 0 Å². The Labute approximate surface area is 154 Å². The van der Waals surface area contributed by atoms with E-state index in [-0.39, 0.29) is 0 Å². The van der Waals surface area contributed by atoms with Crippen LogP contribution in [-0.4, -0.2) is 0 Å². The first-order valence-corrected chi connectivity index (χ1v) is 9.69. The zero-order chi connectivity index (χ0) is 16.6. The quantitative estimate of drug-likeness (QED) is 0.290. The van der Waals surface area contributed by atoms with Crippen LogP contribution in [0.5, 0.6) is 0 Å². The van der Waals surface area contributed by atoms with Crippen molar-refractivity contribution in [2.75, 3.05) is 0 Å². The van der Waals surface area contributed by atoms with Crippen molar-refractivity contribution < 1.29 is 0 Å². The highest BCUT2D eigenvalue weighted by atomic mass is 35.5. The maximum atomic E-state index is 5.90. The topological polar surface area (TPSA) is 0 Å². The number of aryl methyl sites for hydroxylation is 3. The summed E-state index contributed by atoms with van der Waals surface area (Å²) in [5.41, 5.74) is 2.67. The summed E-state index contributed by atoms with van der Waals surface area (Å²) < 4.78 is 2.64. The fourth-order valence-corrected chi connectivity index (χ4v) is 4.76. The van der Waals surface area contributed by atoms with Crippen molar-refractivity contribution in [1.29, 1.82) is 0 Å². The molecule has 0 radical (unpaired) electrons. The summed E-state index contributed by atoms with van der Waals surface area (Å²) in [6.07, 6.45) is 0. The highest BCUT2D eigenvalue weighted by Gasteiger charge is 2.04. The lowest BCUT2D eigenvalue weighted by atomic mass is 10.2. The van der Waals surface area contributed by atoms with Gasteiger partial charge in [0.1, 0.15) is 0 Å². The minimum atomic E-state index is 0.819. The smallest absolute Gasteiger partial charge is 0.0413 e. The molecule has 0 aliphatic heterocycles. The van der Waals surface area contributed by atoms with E-state index in [0.29, 0.717) is 0 Å². The molecule has 0 aliphatic carbocycles. The van der Waals surface area contributed by atoms with E-state index in [0.717, 1.165) is 10.0 Å². The molecule has 23 heavy (non-hydrogen) atoms. The molecular weight excluding hydrogens is 363 g/mol. The molecule has 0 atom stereocenters. The van der Waals surface area contributed by atoms with Gasteiger partial charge in [-0.1, -0.05) is 23.2 Å². The van der Waals surface area contributed by atoms with Crippen LogP contribution in [0, 0.1) is 20.8 Å².